The summed E-state index contributed by atoms with van der Waals surface area (Å²) in [5.41, 5.74) is 3.24. The molecule has 3 heterocycles. The fourth-order valence-electron chi connectivity index (χ4n) is 3.12. The van der Waals surface area contributed by atoms with Crippen LogP contribution in [-0.4, -0.2) is 29.5 Å². The summed E-state index contributed by atoms with van der Waals surface area (Å²) < 4.78 is 0.606. The van der Waals surface area contributed by atoms with Crippen LogP contribution in [0.2, 0.25) is 0 Å². The zero-order valence-electron chi connectivity index (χ0n) is 13.4. The number of hydrogen-bond donors (Lipinski definition) is 0. The number of halogens is 1. The summed E-state index contributed by atoms with van der Waals surface area (Å²) in [5, 5.41) is 0. The second-order valence-electron chi connectivity index (χ2n) is 5.95. The van der Waals surface area contributed by atoms with Crippen LogP contribution in [0.25, 0.3) is 0 Å². The normalized spacial score (nSPS) is 19.5. The van der Waals surface area contributed by atoms with Crippen LogP contribution in [0.3, 0.4) is 0 Å². The lowest BCUT2D eigenvalue weighted by Gasteiger charge is -2.31. The molecule has 0 aromatic carbocycles. The van der Waals surface area contributed by atoms with Crippen molar-refractivity contribution in [3.05, 3.63) is 45.1 Å². The number of hydrogen-bond acceptors (Lipinski definition) is 4. The average molecular weight is 407 g/mol. The molecule has 1 aromatic rings. The molecule has 0 unspecified atom stereocenters. The molecule has 4 nitrogen and oxygen atoms in total. The van der Waals surface area contributed by atoms with Gasteiger partial charge in [0.25, 0.3) is 5.91 Å². The van der Waals surface area contributed by atoms with Gasteiger partial charge in [-0.3, -0.25) is 14.6 Å². The third-order valence-corrected chi connectivity index (χ3v) is 6.26. The topological polar surface area (TPSA) is 50.3 Å². The summed E-state index contributed by atoms with van der Waals surface area (Å²) in [6.07, 6.45) is 9.10. The van der Waals surface area contributed by atoms with Crippen molar-refractivity contribution in [1.82, 2.24) is 4.98 Å². The van der Waals surface area contributed by atoms with E-state index < -0.39 is 0 Å². The molecule has 1 aromatic heterocycles. The molecule has 24 heavy (non-hydrogen) atoms. The number of rotatable bonds is 2. The third-order valence-electron chi connectivity index (χ3n) is 4.42. The predicted octanol–water partition coefficient (Wildman–Crippen LogP) is 4.51. The lowest BCUT2D eigenvalue weighted by atomic mass is 9.95. The van der Waals surface area contributed by atoms with Crippen molar-refractivity contribution >= 4 is 45.6 Å². The van der Waals surface area contributed by atoms with Crippen molar-refractivity contribution in [3.8, 4) is 0 Å². The summed E-state index contributed by atoms with van der Waals surface area (Å²) >= 11 is 4.97. The van der Waals surface area contributed by atoms with Crippen LogP contribution in [-0.2, 0) is 4.79 Å². The number of amides is 1. The number of carbonyl (C=O) groups excluding carboxylic acids is 2. The Morgan fingerprint density at radius 3 is 2.88 bits per heavy atom. The molecule has 3 rings (SSSR count). The number of anilines is 1. The van der Waals surface area contributed by atoms with E-state index in [0.717, 1.165) is 53.8 Å². The molecule has 2 aliphatic rings. The molecule has 0 N–H and O–H groups in total. The summed E-state index contributed by atoms with van der Waals surface area (Å²) in [4.78, 5) is 31.2. The maximum Gasteiger partial charge on any atom is 0.265 e. The van der Waals surface area contributed by atoms with Crippen LogP contribution < -0.4 is 4.90 Å². The first-order valence-corrected chi connectivity index (χ1v) is 9.86. The number of aldehydes is 1. The molecule has 126 valence electrons. The maximum atomic E-state index is 13.1. The van der Waals surface area contributed by atoms with Gasteiger partial charge in [-0.05, 0) is 52.9 Å². The van der Waals surface area contributed by atoms with E-state index in [2.05, 4.69) is 27.5 Å². The Bertz CT molecular complexity index is 730. The molecule has 0 radical (unpaired) electrons. The molecule has 6 heteroatoms. The van der Waals surface area contributed by atoms with Gasteiger partial charge in [0.1, 0.15) is 0 Å². The van der Waals surface area contributed by atoms with Gasteiger partial charge in [0.2, 0.25) is 0 Å². The summed E-state index contributed by atoms with van der Waals surface area (Å²) in [5.74, 6) is 0.912. The zero-order chi connectivity index (χ0) is 17.1. The third kappa shape index (κ3) is 3.35. The van der Waals surface area contributed by atoms with Crippen molar-refractivity contribution in [2.45, 2.75) is 32.1 Å². The van der Waals surface area contributed by atoms with E-state index in [4.69, 9.17) is 0 Å². The zero-order valence-corrected chi connectivity index (χ0v) is 15.8. The maximum absolute atomic E-state index is 13.1. The smallest absolute Gasteiger partial charge is 0.265 e. The van der Waals surface area contributed by atoms with Crippen molar-refractivity contribution < 1.29 is 9.59 Å². The quantitative estimate of drug-likeness (QED) is 0.677. The number of nitrogens with zero attached hydrogens (tertiary/aromatic N) is 2. The Morgan fingerprint density at radius 1 is 1.25 bits per heavy atom. The summed E-state index contributed by atoms with van der Waals surface area (Å²) in [6.45, 7) is 4.76. The van der Waals surface area contributed by atoms with E-state index in [0.29, 0.717) is 22.3 Å². The minimum absolute atomic E-state index is 0.0349. The summed E-state index contributed by atoms with van der Waals surface area (Å²) in [7, 11) is 0. The number of aromatic nitrogens is 1. The summed E-state index contributed by atoms with van der Waals surface area (Å²) in [6, 6.07) is 0. The lowest BCUT2D eigenvalue weighted by Crippen LogP contribution is -2.37. The highest BCUT2D eigenvalue weighted by Gasteiger charge is 2.31. The van der Waals surface area contributed by atoms with Crippen LogP contribution in [0.5, 0.6) is 0 Å². The first kappa shape index (κ1) is 17.4. The predicted molar refractivity (Wildman–Crippen MR) is 101 cm³/mol. The van der Waals surface area contributed by atoms with Gasteiger partial charge in [0.05, 0.1) is 22.4 Å². The van der Waals surface area contributed by atoms with Gasteiger partial charge in [0, 0.05) is 17.2 Å². The van der Waals surface area contributed by atoms with Crippen molar-refractivity contribution in [2.24, 2.45) is 0 Å². The highest BCUT2D eigenvalue weighted by molar-refractivity contribution is 9.10. The van der Waals surface area contributed by atoms with Gasteiger partial charge >= 0.3 is 0 Å². The van der Waals surface area contributed by atoms with Gasteiger partial charge in [0.15, 0.2) is 6.29 Å². The van der Waals surface area contributed by atoms with E-state index in [-0.39, 0.29) is 5.91 Å². The van der Waals surface area contributed by atoms with E-state index in [1.807, 2.05) is 0 Å². The number of allylic oxidation sites excluding steroid dienone is 1. The molecule has 0 fully saturated rings. The first-order chi connectivity index (χ1) is 11.6. The Hall–Kier alpha value is -1.40. The second kappa shape index (κ2) is 7.66. The van der Waals surface area contributed by atoms with Crippen molar-refractivity contribution in [1.29, 1.82) is 0 Å². The van der Waals surface area contributed by atoms with Gasteiger partial charge in [-0.15, -0.1) is 11.8 Å². The monoisotopic (exact) mass is 406 g/mol. The molecule has 0 atom stereocenters. The van der Waals surface area contributed by atoms with Gasteiger partial charge < -0.3 is 4.90 Å². The second-order valence-corrected chi connectivity index (χ2v) is 7.91. The van der Waals surface area contributed by atoms with Crippen LogP contribution in [0.15, 0.2) is 39.5 Å². The molecule has 0 aliphatic carbocycles. The van der Waals surface area contributed by atoms with Crippen molar-refractivity contribution in [2.75, 3.05) is 17.2 Å². The molecule has 0 saturated carbocycles. The Labute approximate surface area is 154 Å². The van der Waals surface area contributed by atoms with Crippen molar-refractivity contribution in [3.63, 3.8) is 0 Å². The van der Waals surface area contributed by atoms with Gasteiger partial charge in [-0.25, -0.2) is 0 Å². The molecular formula is C18H19BrN2O2S. The molecule has 0 bridgehead atoms. The van der Waals surface area contributed by atoms with Crippen LogP contribution in [0, 0.1) is 0 Å². The molecule has 0 saturated heterocycles. The van der Waals surface area contributed by atoms with E-state index >= 15 is 0 Å². The Morgan fingerprint density at radius 2 is 2.08 bits per heavy atom. The molecule has 1 amide bonds. The average Bonchev–Trinajstić information content (AvgIpc) is 2.66. The van der Waals surface area contributed by atoms with E-state index in [1.165, 1.54) is 6.42 Å². The van der Waals surface area contributed by atoms with E-state index in [9.17, 15) is 9.59 Å². The Balaban J connectivity index is 1.99. The highest BCUT2D eigenvalue weighted by Crippen LogP contribution is 2.38. The van der Waals surface area contributed by atoms with Crippen LogP contribution in [0.4, 0.5) is 5.69 Å². The SMILES string of the molecule is C=C1CCCCCSC2=C1CCN(c1cncc(Br)c1C=O)C2=O. The van der Waals surface area contributed by atoms with Gasteiger partial charge in [-0.1, -0.05) is 18.6 Å². The highest BCUT2D eigenvalue weighted by atomic mass is 79.9. The first-order valence-electron chi connectivity index (χ1n) is 8.08. The number of pyridine rings is 1. The minimum atomic E-state index is -0.0349. The van der Waals surface area contributed by atoms with Crippen LogP contribution >= 0.6 is 27.7 Å². The lowest BCUT2D eigenvalue weighted by molar-refractivity contribution is -0.114. The fourth-order valence-corrected chi connectivity index (χ4v) is 4.74. The number of carbonyl (C=O) groups is 2. The van der Waals surface area contributed by atoms with Crippen LogP contribution in [0.1, 0.15) is 42.5 Å². The van der Waals surface area contributed by atoms with Gasteiger partial charge in [-0.2, -0.15) is 0 Å². The molecule has 0 spiro atoms. The number of thioether (sulfide) groups is 1. The molecule has 2 aliphatic heterocycles. The standard InChI is InChI=1S/C18H19BrN2O2S/c1-12-5-3-2-4-8-24-17-13(12)6-7-21(18(17)23)16-10-20-9-15(19)14(16)11-22/h9-11H,1-8H2. The van der Waals surface area contributed by atoms with E-state index in [1.54, 1.807) is 29.1 Å². The Kier molecular flexibility index (Phi) is 5.56. The fraction of sp³-hybridized carbons (Fsp3) is 0.389. The largest absolute Gasteiger partial charge is 0.305 e. The minimum Gasteiger partial charge on any atom is -0.305 e. The molecular weight excluding hydrogens is 388 g/mol.